The third kappa shape index (κ3) is 47.3. The summed E-state index contributed by atoms with van der Waals surface area (Å²) in [4.78, 5) is 37.9. The van der Waals surface area contributed by atoms with Crippen LogP contribution in [-0.4, -0.2) is 37.2 Å². The van der Waals surface area contributed by atoms with Crippen LogP contribution in [0.5, 0.6) is 0 Å². The zero-order valence-corrected chi connectivity index (χ0v) is 40.1. The van der Waals surface area contributed by atoms with E-state index in [0.29, 0.717) is 19.3 Å². The third-order valence-corrected chi connectivity index (χ3v) is 12.1. The van der Waals surface area contributed by atoms with Gasteiger partial charge in [-0.25, -0.2) is 0 Å². The Labute approximate surface area is 368 Å². The van der Waals surface area contributed by atoms with Crippen molar-refractivity contribution in [2.24, 2.45) is 0 Å². The molecule has 0 rings (SSSR count). The van der Waals surface area contributed by atoms with Crippen LogP contribution in [0.4, 0.5) is 0 Å². The van der Waals surface area contributed by atoms with E-state index in [9.17, 15) is 14.4 Å². The highest BCUT2D eigenvalue weighted by Crippen LogP contribution is 2.17. The molecule has 350 valence electrons. The van der Waals surface area contributed by atoms with Gasteiger partial charge < -0.3 is 14.2 Å². The lowest BCUT2D eigenvalue weighted by atomic mass is 10.0. The zero-order chi connectivity index (χ0) is 43.0. The van der Waals surface area contributed by atoms with Gasteiger partial charge in [-0.2, -0.15) is 0 Å². The van der Waals surface area contributed by atoms with Crippen molar-refractivity contribution in [2.45, 2.75) is 309 Å². The molecule has 6 heteroatoms. The number of ether oxygens (including phenoxy) is 3. The Kier molecular flexibility index (Phi) is 47.7. The van der Waals surface area contributed by atoms with Gasteiger partial charge in [0.25, 0.3) is 0 Å². The largest absolute Gasteiger partial charge is 0.462 e. The smallest absolute Gasteiger partial charge is 0.306 e. The highest BCUT2D eigenvalue weighted by molar-refractivity contribution is 5.71. The first-order chi connectivity index (χ1) is 29.0. The van der Waals surface area contributed by atoms with E-state index >= 15 is 0 Å². The van der Waals surface area contributed by atoms with Crippen LogP contribution in [0.3, 0.4) is 0 Å². The fourth-order valence-corrected chi connectivity index (χ4v) is 8.09. The minimum Gasteiger partial charge on any atom is -0.462 e. The molecule has 0 aromatic heterocycles. The number of esters is 3. The van der Waals surface area contributed by atoms with Gasteiger partial charge in [-0.05, 0) is 19.3 Å². The average molecular weight is 835 g/mol. The molecule has 0 aromatic rings. The van der Waals surface area contributed by atoms with Gasteiger partial charge in [-0.15, -0.1) is 0 Å². The maximum absolute atomic E-state index is 12.8. The predicted octanol–water partition coefficient (Wildman–Crippen LogP) is 17.2. The van der Waals surface area contributed by atoms with Crippen molar-refractivity contribution >= 4 is 17.9 Å². The van der Waals surface area contributed by atoms with E-state index in [1.165, 1.54) is 205 Å². The van der Waals surface area contributed by atoms with Crippen molar-refractivity contribution in [2.75, 3.05) is 13.2 Å². The summed E-state index contributed by atoms with van der Waals surface area (Å²) in [6.07, 6.45) is 52.3. The Morgan fingerprint density at radius 1 is 0.271 bits per heavy atom. The molecule has 0 bridgehead atoms. The van der Waals surface area contributed by atoms with Crippen molar-refractivity contribution in [3.05, 3.63) is 0 Å². The molecule has 0 saturated carbocycles. The highest BCUT2D eigenvalue weighted by atomic mass is 16.6. The van der Waals surface area contributed by atoms with Gasteiger partial charge >= 0.3 is 17.9 Å². The van der Waals surface area contributed by atoms with E-state index in [-0.39, 0.29) is 31.1 Å². The van der Waals surface area contributed by atoms with Crippen LogP contribution in [0.15, 0.2) is 0 Å². The molecule has 0 aliphatic heterocycles. The van der Waals surface area contributed by atoms with Crippen LogP contribution < -0.4 is 0 Å². The summed E-state index contributed by atoms with van der Waals surface area (Å²) in [5.74, 6) is -0.840. The van der Waals surface area contributed by atoms with Gasteiger partial charge in [-0.1, -0.05) is 265 Å². The monoisotopic (exact) mass is 835 g/mol. The Morgan fingerprint density at radius 3 is 0.678 bits per heavy atom. The van der Waals surface area contributed by atoms with Crippen molar-refractivity contribution in [1.29, 1.82) is 0 Å². The SMILES string of the molecule is CCCCCCCCCCCCCCCCCCC(=O)OC[C@@H](COC(=O)CCCCCCCCCCCC)OC(=O)CCCCCCCCCCCCCCCCC. The molecule has 0 aromatic carbocycles. The number of hydrogen-bond donors (Lipinski definition) is 0. The number of hydrogen-bond acceptors (Lipinski definition) is 6. The Balaban J connectivity index is 4.27. The second-order valence-electron chi connectivity index (χ2n) is 18.2. The Morgan fingerprint density at radius 2 is 0.458 bits per heavy atom. The summed E-state index contributed by atoms with van der Waals surface area (Å²) in [7, 11) is 0. The average Bonchev–Trinajstić information content (AvgIpc) is 3.23. The molecule has 59 heavy (non-hydrogen) atoms. The molecule has 6 nitrogen and oxygen atoms in total. The number of rotatable bonds is 49. The zero-order valence-electron chi connectivity index (χ0n) is 40.1. The van der Waals surface area contributed by atoms with E-state index in [2.05, 4.69) is 20.8 Å². The Bertz CT molecular complexity index is 874. The van der Waals surface area contributed by atoms with Crippen LogP contribution >= 0.6 is 0 Å². The molecule has 0 unspecified atom stereocenters. The third-order valence-electron chi connectivity index (χ3n) is 12.1. The molecule has 0 saturated heterocycles. The Hall–Kier alpha value is -1.59. The van der Waals surface area contributed by atoms with Gasteiger partial charge in [0.2, 0.25) is 0 Å². The van der Waals surface area contributed by atoms with Gasteiger partial charge in [0.1, 0.15) is 13.2 Å². The lowest BCUT2D eigenvalue weighted by Gasteiger charge is -2.18. The van der Waals surface area contributed by atoms with E-state index in [0.717, 1.165) is 57.8 Å². The minimum atomic E-state index is -0.759. The first kappa shape index (κ1) is 57.4. The maximum Gasteiger partial charge on any atom is 0.306 e. The predicted molar refractivity (Wildman–Crippen MR) is 252 cm³/mol. The fraction of sp³-hybridized carbons (Fsp3) is 0.943. The molecule has 0 radical (unpaired) electrons. The molecule has 0 aliphatic carbocycles. The van der Waals surface area contributed by atoms with E-state index in [1.807, 2.05) is 0 Å². The van der Waals surface area contributed by atoms with Crippen molar-refractivity contribution in [3.8, 4) is 0 Å². The molecule has 0 amide bonds. The van der Waals surface area contributed by atoms with Crippen molar-refractivity contribution in [3.63, 3.8) is 0 Å². The van der Waals surface area contributed by atoms with Gasteiger partial charge in [0, 0.05) is 19.3 Å². The molecule has 0 spiro atoms. The molecular weight excluding hydrogens is 733 g/mol. The van der Waals surface area contributed by atoms with Gasteiger partial charge in [0.15, 0.2) is 6.10 Å². The lowest BCUT2D eigenvalue weighted by Crippen LogP contribution is -2.30. The lowest BCUT2D eigenvalue weighted by molar-refractivity contribution is -0.167. The molecular formula is C53H102O6. The normalized spacial score (nSPS) is 11.8. The van der Waals surface area contributed by atoms with Gasteiger partial charge in [0.05, 0.1) is 0 Å². The summed E-state index contributed by atoms with van der Waals surface area (Å²) in [6.45, 7) is 6.68. The second-order valence-corrected chi connectivity index (χ2v) is 18.2. The van der Waals surface area contributed by atoms with Crippen LogP contribution in [0, 0.1) is 0 Å². The molecule has 0 aliphatic rings. The molecule has 0 fully saturated rings. The van der Waals surface area contributed by atoms with Crippen LogP contribution in [0.1, 0.15) is 303 Å². The topological polar surface area (TPSA) is 78.9 Å². The second kappa shape index (κ2) is 49.1. The summed E-state index contributed by atoms with van der Waals surface area (Å²) in [5.41, 5.74) is 0. The van der Waals surface area contributed by atoms with Crippen LogP contribution in [0.2, 0.25) is 0 Å². The quantitative estimate of drug-likeness (QED) is 0.0345. The summed E-state index contributed by atoms with van der Waals surface area (Å²) >= 11 is 0. The standard InChI is InChI=1S/C53H102O6/c1-4-7-10-13-16-19-22-24-26-28-29-31-34-37-40-43-46-52(55)58-49-50(48-57-51(54)45-42-39-36-33-21-18-15-12-9-6-3)59-53(56)47-44-41-38-35-32-30-27-25-23-20-17-14-11-8-5-2/h50H,4-49H2,1-3H3/t50-/m1/s1. The first-order valence-corrected chi connectivity index (χ1v) is 26.5. The van der Waals surface area contributed by atoms with E-state index in [4.69, 9.17) is 14.2 Å². The number of carbonyl (C=O) groups is 3. The summed E-state index contributed by atoms with van der Waals surface area (Å²) in [5, 5.41) is 0. The van der Waals surface area contributed by atoms with Crippen LogP contribution in [0.25, 0.3) is 0 Å². The highest BCUT2D eigenvalue weighted by Gasteiger charge is 2.19. The molecule has 0 N–H and O–H groups in total. The summed E-state index contributed by atoms with van der Waals surface area (Å²) in [6, 6.07) is 0. The maximum atomic E-state index is 12.8. The summed E-state index contributed by atoms with van der Waals surface area (Å²) < 4.78 is 16.8. The first-order valence-electron chi connectivity index (χ1n) is 26.5. The molecule has 1 atom stereocenters. The van der Waals surface area contributed by atoms with Gasteiger partial charge in [-0.3, -0.25) is 14.4 Å². The van der Waals surface area contributed by atoms with E-state index < -0.39 is 6.10 Å². The van der Waals surface area contributed by atoms with E-state index in [1.54, 1.807) is 0 Å². The molecule has 0 heterocycles. The van der Waals surface area contributed by atoms with Crippen molar-refractivity contribution in [1.82, 2.24) is 0 Å². The number of carbonyl (C=O) groups excluding carboxylic acids is 3. The number of unbranched alkanes of at least 4 members (excludes halogenated alkanes) is 38. The van der Waals surface area contributed by atoms with Crippen molar-refractivity contribution < 1.29 is 28.6 Å². The van der Waals surface area contributed by atoms with Crippen LogP contribution in [-0.2, 0) is 28.6 Å². The fourth-order valence-electron chi connectivity index (χ4n) is 8.09. The minimum absolute atomic E-state index is 0.0617.